The summed E-state index contributed by atoms with van der Waals surface area (Å²) in [6.07, 6.45) is 6.76. The van der Waals surface area contributed by atoms with Crippen LogP contribution in [-0.4, -0.2) is 21.5 Å². The van der Waals surface area contributed by atoms with Crippen molar-refractivity contribution < 1.29 is 14.0 Å². The smallest absolute Gasteiger partial charge is 0.259 e. The maximum absolute atomic E-state index is 12.7. The molecule has 3 aromatic rings. The van der Waals surface area contributed by atoms with Crippen LogP contribution in [-0.2, 0) is 13.5 Å². The summed E-state index contributed by atoms with van der Waals surface area (Å²) in [6.45, 7) is 0. The van der Waals surface area contributed by atoms with Crippen LogP contribution < -0.4 is 5.32 Å². The first-order valence-corrected chi connectivity index (χ1v) is 8.41. The Morgan fingerprint density at radius 2 is 2.16 bits per heavy atom. The Morgan fingerprint density at radius 1 is 1.32 bits per heavy atom. The molecule has 0 aliphatic heterocycles. The van der Waals surface area contributed by atoms with Crippen LogP contribution in [0.1, 0.15) is 45.7 Å². The number of aromatic nitrogens is 2. The molecule has 1 spiro atoms. The van der Waals surface area contributed by atoms with Gasteiger partial charge in [-0.15, -0.1) is 0 Å². The number of fused-ring (bicyclic) bond motifs is 2. The van der Waals surface area contributed by atoms with Crippen molar-refractivity contribution in [3.05, 3.63) is 47.5 Å². The Bertz CT molecular complexity index is 1040. The Kier molecular flexibility index (Phi) is 2.78. The fourth-order valence-corrected chi connectivity index (χ4v) is 3.79. The Balaban J connectivity index is 1.44. The number of furan rings is 1. The summed E-state index contributed by atoms with van der Waals surface area (Å²) in [5.41, 5.74) is 2.45. The molecule has 1 amide bonds. The van der Waals surface area contributed by atoms with Crippen molar-refractivity contribution in [3.8, 4) is 0 Å². The third kappa shape index (κ3) is 2.28. The lowest BCUT2D eigenvalue weighted by Crippen LogP contribution is -2.23. The molecule has 2 aliphatic carbocycles. The summed E-state index contributed by atoms with van der Waals surface area (Å²) in [6, 6.07) is 5.53. The van der Waals surface area contributed by atoms with Gasteiger partial charge in [-0.25, -0.2) is 0 Å². The third-order valence-corrected chi connectivity index (χ3v) is 5.30. The second kappa shape index (κ2) is 4.81. The van der Waals surface area contributed by atoms with Gasteiger partial charge in [0.1, 0.15) is 12.0 Å². The number of Topliss-reactive ketones (excluding diaryl/α,β-unsaturated/α-hetero) is 1. The summed E-state index contributed by atoms with van der Waals surface area (Å²) >= 11 is 0. The molecule has 0 saturated heterocycles. The van der Waals surface area contributed by atoms with Gasteiger partial charge in [0.2, 0.25) is 0 Å². The predicted molar refractivity (Wildman–Crippen MR) is 91.7 cm³/mol. The number of benzene rings is 1. The molecule has 1 saturated carbocycles. The lowest BCUT2D eigenvalue weighted by Gasteiger charge is -2.19. The number of carbonyl (C=O) groups is 2. The number of aryl methyl sites for hydroxylation is 1. The van der Waals surface area contributed by atoms with Crippen molar-refractivity contribution >= 4 is 28.3 Å². The number of nitrogens with one attached hydrogen (secondary N) is 1. The van der Waals surface area contributed by atoms with E-state index < -0.39 is 0 Å². The number of rotatable bonds is 2. The van der Waals surface area contributed by atoms with Gasteiger partial charge in [-0.2, -0.15) is 5.10 Å². The van der Waals surface area contributed by atoms with Gasteiger partial charge in [0.05, 0.1) is 16.6 Å². The minimum absolute atomic E-state index is 0.0281. The number of nitrogens with zero attached hydrogens (tertiary/aromatic N) is 2. The standard InChI is InChI=1S/C19H17N3O3/c1-22-9-11-6-12(2-3-14(11)21-22)20-18(24)13-10-25-16-8-19(4-5-19)7-15(23)17(13)16/h2-3,6,9-10H,4-5,7-8H2,1H3,(H,20,24). The van der Waals surface area contributed by atoms with Gasteiger partial charge in [-0.05, 0) is 36.5 Å². The minimum atomic E-state index is -0.312. The van der Waals surface area contributed by atoms with E-state index in [-0.39, 0.29) is 17.1 Å². The van der Waals surface area contributed by atoms with Gasteiger partial charge >= 0.3 is 0 Å². The minimum Gasteiger partial charge on any atom is -0.468 e. The van der Waals surface area contributed by atoms with Gasteiger partial charge in [-0.1, -0.05) is 0 Å². The van der Waals surface area contributed by atoms with Gasteiger partial charge < -0.3 is 9.73 Å². The van der Waals surface area contributed by atoms with Crippen LogP contribution >= 0.6 is 0 Å². The average Bonchev–Trinajstić information content (AvgIpc) is 3.00. The van der Waals surface area contributed by atoms with Crippen LogP contribution in [0.25, 0.3) is 10.9 Å². The highest BCUT2D eigenvalue weighted by molar-refractivity contribution is 6.14. The summed E-state index contributed by atoms with van der Waals surface area (Å²) < 4.78 is 7.30. The monoisotopic (exact) mass is 335 g/mol. The number of amides is 1. The van der Waals surface area contributed by atoms with Crippen LogP contribution in [0.2, 0.25) is 0 Å². The predicted octanol–water partition coefficient (Wildman–Crippen LogP) is 3.33. The van der Waals surface area contributed by atoms with Crippen molar-refractivity contribution in [2.75, 3.05) is 5.32 Å². The molecule has 5 rings (SSSR count). The number of hydrogen-bond donors (Lipinski definition) is 1. The molecule has 2 heterocycles. The molecule has 0 unspecified atom stereocenters. The van der Waals surface area contributed by atoms with E-state index in [2.05, 4.69) is 10.4 Å². The quantitative estimate of drug-likeness (QED) is 0.779. The topological polar surface area (TPSA) is 77.1 Å². The van der Waals surface area contributed by atoms with Crippen molar-refractivity contribution in [2.24, 2.45) is 12.5 Å². The summed E-state index contributed by atoms with van der Waals surface area (Å²) in [4.78, 5) is 25.2. The van der Waals surface area contributed by atoms with Crippen LogP contribution in [0.3, 0.4) is 0 Å². The Morgan fingerprint density at radius 3 is 2.96 bits per heavy atom. The lowest BCUT2D eigenvalue weighted by molar-refractivity contribution is 0.0925. The highest BCUT2D eigenvalue weighted by atomic mass is 16.3. The number of anilines is 1. The highest BCUT2D eigenvalue weighted by Crippen LogP contribution is 2.55. The van der Waals surface area contributed by atoms with E-state index >= 15 is 0 Å². The van der Waals surface area contributed by atoms with Crippen molar-refractivity contribution in [1.29, 1.82) is 0 Å². The molecule has 0 atom stereocenters. The second-order valence-corrected chi connectivity index (χ2v) is 7.25. The molecule has 2 aromatic heterocycles. The van der Waals surface area contributed by atoms with Crippen molar-refractivity contribution in [2.45, 2.75) is 25.7 Å². The van der Waals surface area contributed by atoms with Crippen molar-refractivity contribution in [3.63, 3.8) is 0 Å². The third-order valence-electron chi connectivity index (χ3n) is 5.30. The lowest BCUT2D eigenvalue weighted by atomic mass is 9.83. The first-order valence-electron chi connectivity index (χ1n) is 8.41. The molecule has 6 nitrogen and oxygen atoms in total. The van der Waals surface area contributed by atoms with E-state index in [9.17, 15) is 9.59 Å². The van der Waals surface area contributed by atoms with Crippen LogP contribution in [0.4, 0.5) is 5.69 Å². The van der Waals surface area contributed by atoms with Crippen LogP contribution in [0.15, 0.2) is 35.1 Å². The molecule has 2 aliphatic rings. The maximum atomic E-state index is 12.7. The van der Waals surface area contributed by atoms with E-state index in [1.807, 2.05) is 25.4 Å². The molecule has 126 valence electrons. The molecule has 1 fully saturated rings. The number of ketones is 1. The van der Waals surface area contributed by atoms with E-state index in [1.165, 1.54) is 6.26 Å². The number of hydrogen-bond acceptors (Lipinski definition) is 4. The first-order chi connectivity index (χ1) is 12.0. The van der Waals surface area contributed by atoms with Gasteiger partial charge in [0, 0.05) is 37.2 Å². The van der Waals surface area contributed by atoms with E-state index in [1.54, 1.807) is 10.7 Å². The average molecular weight is 335 g/mol. The maximum Gasteiger partial charge on any atom is 0.259 e. The normalized spacial score (nSPS) is 17.7. The van der Waals surface area contributed by atoms with Crippen LogP contribution in [0.5, 0.6) is 0 Å². The fourth-order valence-electron chi connectivity index (χ4n) is 3.79. The van der Waals surface area contributed by atoms with Gasteiger partial charge in [0.15, 0.2) is 5.78 Å². The molecule has 0 bridgehead atoms. The first kappa shape index (κ1) is 14.5. The summed E-state index contributed by atoms with van der Waals surface area (Å²) in [5.74, 6) is 0.385. The Labute approximate surface area is 143 Å². The zero-order valence-corrected chi connectivity index (χ0v) is 13.8. The highest BCUT2D eigenvalue weighted by Gasteiger charge is 2.50. The molecule has 0 radical (unpaired) electrons. The largest absolute Gasteiger partial charge is 0.468 e. The molecule has 25 heavy (non-hydrogen) atoms. The zero-order chi connectivity index (χ0) is 17.2. The molecule has 1 aromatic carbocycles. The fraction of sp³-hybridized carbons (Fsp3) is 0.316. The van der Waals surface area contributed by atoms with Crippen LogP contribution in [0, 0.1) is 5.41 Å². The number of carbonyl (C=O) groups excluding carboxylic acids is 2. The van der Waals surface area contributed by atoms with E-state index in [0.29, 0.717) is 29.0 Å². The summed E-state index contributed by atoms with van der Waals surface area (Å²) in [7, 11) is 1.86. The molecule has 1 N–H and O–H groups in total. The second-order valence-electron chi connectivity index (χ2n) is 7.25. The zero-order valence-electron chi connectivity index (χ0n) is 13.8. The van der Waals surface area contributed by atoms with Crippen molar-refractivity contribution in [1.82, 2.24) is 9.78 Å². The van der Waals surface area contributed by atoms with Gasteiger partial charge in [0.25, 0.3) is 5.91 Å². The summed E-state index contributed by atoms with van der Waals surface area (Å²) in [5, 5.41) is 8.12. The SMILES string of the molecule is Cn1cc2cc(NC(=O)c3coc4c3C(=O)CC3(CC3)C4)ccc2n1. The van der Waals surface area contributed by atoms with E-state index in [0.717, 1.165) is 30.2 Å². The van der Waals surface area contributed by atoms with E-state index in [4.69, 9.17) is 4.42 Å². The molecule has 6 heteroatoms. The molecular weight excluding hydrogens is 318 g/mol. The molecular formula is C19H17N3O3. The van der Waals surface area contributed by atoms with Gasteiger partial charge in [-0.3, -0.25) is 14.3 Å². The Hall–Kier alpha value is -2.89.